The van der Waals surface area contributed by atoms with Gasteiger partial charge in [-0.2, -0.15) is 5.82 Å². The van der Waals surface area contributed by atoms with Gasteiger partial charge in [0.2, 0.25) is 0 Å². The third-order valence-electron chi connectivity index (χ3n) is 1.63. The SMILES string of the molecule is CCC(C)(C#C[B-](F)(F)F)OC.[K+]. The Bertz CT molecular complexity index is 202. The van der Waals surface area contributed by atoms with Crippen LogP contribution in [0.3, 0.4) is 0 Å². The topological polar surface area (TPSA) is 9.23 Å². The molecule has 0 aliphatic heterocycles. The van der Waals surface area contributed by atoms with Crippen LogP contribution in [0.15, 0.2) is 0 Å². The van der Waals surface area contributed by atoms with Gasteiger partial charge in [-0.1, -0.05) is 6.92 Å². The Balaban J connectivity index is 0. The number of rotatable bonds is 2. The van der Waals surface area contributed by atoms with E-state index in [4.69, 9.17) is 4.74 Å². The number of methoxy groups -OCH3 is 1. The largest absolute Gasteiger partial charge is 1.00 e. The molecular weight excluding hydrogens is 207 g/mol. The van der Waals surface area contributed by atoms with Crippen LogP contribution in [0.25, 0.3) is 0 Å². The van der Waals surface area contributed by atoms with Crippen LogP contribution in [0.1, 0.15) is 20.3 Å². The summed E-state index contributed by atoms with van der Waals surface area (Å²) in [5, 5.41) is 0. The van der Waals surface area contributed by atoms with Crippen molar-refractivity contribution in [1.29, 1.82) is 0 Å². The average Bonchev–Trinajstić information content (AvgIpc) is 1.99. The van der Waals surface area contributed by atoms with Crippen molar-refractivity contribution in [3.63, 3.8) is 0 Å². The smallest absolute Gasteiger partial charge is 0.438 e. The molecule has 0 saturated carbocycles. The van der Waals surface area contributed by atoms with E-state index in [1.165, 1.54) is 19.9 Å². The fraction of sp³-hybridized carbons (Fsp3) is 0.714. The molecule has 0 aliphatic rings. The molecule has 0 aliphatic carbocycles. The van der Waals surface area contributed by atoms with Crippen LogP contribution in [-0.4, -0.2) is 19.7 Å². The van der Waals surface area contributed by atoms with Crippen molar-refractivity contribution < 1.29 is 69.1 Å². The molecule has 0 bridgehead atoms. The first-order valence-electron chi connectivity index (χ1n) is 3.62. The molecular formula is C7H11BF3KO. The Kier molecular flexibility index (Phi) is 8.20. The third-order valence-corrected chi connectivity index (χ3v) is 1.63. The molecule has 0 rings (SSSR count). The van der Waals surface area contributed by atoms with Crippen LogP contribution in [0.5, 0.6) is 0 Å². The summed E-state index contributed by atoms with van der Waals surface area (Å²) in [5.74, 6) is 3.32. The van der Waals surface area contributed by atoms with Gasteiger partial charge in [0.1, 0.15) is 5.60 Å². The molecule has 1 nitrogen and oxygen atoms in total. The van der Waals surface area contributed by atoms with Gasteiger partial charge in [0, 0.05) is 7.11 Å². The van der Waals surface area contributed by atoms with Gasteiger partial charge in [0.15, 0.2) is 0 Å². The van der Waals surface area contributed by atoms with Crippen LogP contribution < -0.4 is 51.4 Å². The van der Waals surface area contributed by atoms with Crippen LogP contribution in [0, 0.1) is 11.7 Å². The van der Waals surface area contributed by atoms with Crippen molar-refractivity contribution in [2.24, 2.45) is 0 Å². The molecule has 0 heterocycles. The van der Waals surface area contributed by atoms with Crippen molar-refractivity contribution in [2.45, 2.75) is 25.9 Å². The predicted molar refractivity (Wildman–Crippen MR) is 42.6 cm³/mol. The molecule has 1 unspecified atom stereocenters. The molecule has 0 fully saturated rings. The normalized spacial score (nSPS) is 14.9. The van der Waals surface area contributed by atoms with E-state index in [9.17, 15) is 12.9 Å². The molecule has 0 aromatic rings. The van der Waals surface area contributed by atoms with Gasteiger partial charge in [0.05, 0.1) is 0 Å². The summed E-state index contributed by atoms with van der Waals surface area (Å²) >= 11 is 0. The summed E-state index contributed by atoms with van der Waals surface area (Å²) in [7, 11) is 1.35. The van der Waals surface area contributed by atoms with Crippen LogP contribution >= 0.6 is 0 Å². The molecule has 6 heteroatoms. The van der Waals surface area contributed by atoms with Gasteiger partial charge in [-0.25, -0.2) is 0 Å². The van der Waals surface area contributed by atoms with E-state index < -0.39 is 12.6 Å². The van der Waals surface area contributed by atoms with Gasteiger partial charge >= 0.3 is 58.4 Å². The second kappa shape index (κ2) is 6.49. The summed E-state index contributed by atoms with van der Waals surface area (Å²) in [6.45, 7) is -1.77. The van der Waals surface area contributed by atoms with Crippen LogP contribution in [0.4, 0.5) is 12.9 Å². The summed E-state index contributed by atoms with van der Waals surface area (Å²) in [5.41, 5.74) is -0.975. The fourth-order valence-electron chi connectivity index (χ4n) is 0.518. The molecule has 1 atom stereocenters. The monoisotopic (exact) mass is 218 g/mol. The third kappa shape index (κ3) is 8.04. The number of halogens is 3. The van der Waals surface area contributed by atoms with Crippen molar-refractivity contribution in [3.8, 4) is 11.7 Å². The Labute approximate surface area is 119 Å². The maximum absolute atomic E-state index is 11.7. The minimum atomic E-state index is -5.02. The first-order chi connectivity index (χ1) is 5.33. The zero-order valence-electron chi connectivity index (χ0n) is 8.33. The van der Waals surface area contributed by atoms with Gasteiger partial charge in [-0.05, 0) is 13.3 Å². The summed E-state index contributed by atoms with van der Waals surface area (Å²) in [4.78, 5) is 0. The van der Waals surface area contributed by atoms with Crippen LogP contribution in [0.2, 0.25) is 0 Å². The van der Waals surface area contributed by atoms with Crippen molar-refractivity contribution in [1.82, 2.24) is 0 Å². The minimum absolute atomic E-state index is 0. The van der Waals surface area contributed by atoms with E-state index >= 15 is 0 Å². The maximum atomic E-state index is 11.7. The maximum Gasteiger partial charge on any atom is 1.00 e. The van der Waals surface area contributed by atoms with Gasteiger partial charge in [0.25, 0.3) is 0 Å². The fourth-order valence-corrected chi connectivity index (χ4v) is 0.518. The number of ether oxygens (including phenoxy) is 1. The van der Waals surface area contributed by atoms with Crippen LogP contribution in [-0.2, 0) is 4.74 Å². The molecule has 0 radical (unpaired) electrons. The molecule has 0 spiro atoms. The quantitative estimate of drug-likeness (QED) is 0.435. The Hall–Kier alpha value is 1.01. The molecule has 70 valence electrons. The summed E-state index contributed by atoms with van der Waals surface area (Å²) in [6, 6.07) is 0. The molecule has 0 saturated heterocycles. The van der Waals surface area contributed by atoms with E-state index in [-0.39, 0.29) is 51.4 Å². The molecule has 0 aromatic carbocycles. The first-order valence-corrected chi connectivity index (χ1v) is 3.62. The van der Waals surface area contributed by atoms with E-state index in [2.05, 4.69) is 5.92 Å². The van der Waals surface area contributed by atoms with Gasteiger partial charge in [-0.15, -0.1) is 5.92 Å². The van der Waals surface area contributed by atoms with E-state index in [1.807, 2.05) is 0 Å². The molecule has 0 N–H and O–H groups in total. The predicted octanol–water partition coefficient (Wildman–Crippen LogP) is -0.804. The average molecular weight is 218 g/mol. The summed E-state index contributed by atoms with van der Waals surface area (Å²) in [6.07, 6.45) is 0.433. The van der Waals surface area contributed by atoms with E-state index in [0.29, 0.717) is 6.42 Å². The second-order valence-electron chi connectivity index (χ2n) is 2.63. The standard InChI is InChI=1S/C7H11BF3O.K/c1-4-7(2,12-3)5-6-8(9,10)11;/h4H2,1-3H3;/q-1;+1. The molecule has 0 aromatic heterocycles. The number of hydrogen-bond donors (Lipinski definition) is 0. The second-order valence-corrected chi connectivity index (χ2v) is 2.63. The van der Waals surface area contributed by atoms with Crippen molar-refractivity contribution in [2.75, 3.05) is 7.11 Å². The Morgan fingerprint density at radius 2 is 1.85 bits per heavy atom. The van der Waals surface area contributed by atoms with Gasteiger partial charge < -0.3 is 17.7 Å². The van der Waals surface area contributed by atoms with E-state index in [0.717, 1.165) is 0 Å². The zero-order chi connectivity index (χ0) is 9.83. The van der Waals surface area contributed by atoms with Crippen molar-refractivity contribution in [3.05, 3.63) is 0 Å². The number of hydrogen-bond acceptors (Lipinski definition) is 1. The Morgan fingerprint density at radius 1 is 1.38 bits per heavy atom. The van der Waals surface area contributed by atoms with Gasteiger partial charge in [-0.3, -0.25) is 0 Å². The van der Waals surface area contributed by atoms with E-state index in [1.54, 1.807) is 6.92 Å². The Morgan fingerprint density at radius 3 is 2.08 bits per heavy atom. The summed E-state index contributed by atoms with van der Waals surface area (Å²) < 4.78 is 39.9. The minimum Gasteiger partial charge on any atom is -0.438 e. The molecule has 13 heavy (non-hydrogen) atoms. The first kappa shape index (κ1) is 16.4. The zero-order valence-corrected chi connectivity index (χ0v) is 11.4. The van der Waals surface area contributed by atoms with Crippen molar-refractivity contribution >= 4 is 6.98 Å². The molecule has 0 amide bonds.